The second kappa shape index (κ2) is 7.97. The first-order chi connectivity index (χ1) is 12.5. The second-order valence-electron chi connectivity index (χ2n) is 5.91. The number of aryl methyl sites for hydroxylation is 2. The normalized spacial score (nSPS) is 10.5. The van der Waals surface area contributed by atoms with Crippen LogP contribution in [-0.2, 0) is 18.3 Å². The van der Waals surface area contributed by atoms with Gasteiger partial charge in [-0.1, -0.05) is 29.8 Å². The molecule has 0 saturated heterocycles. The van der Waals surface area contributed by atoms with E-state index in [1.165, 1.54) is 0 Å². The van der Waals surface area contributed by atoms with Crippen molar-refractivity contribution < 1.29 is 9.59 Å². The highest BCUT2D eigenvalue weighted by atomic mass is 35.5. The van der Waals surface area contributed by atoms with Crippen LogP contribution in [0.5, 0.6) is 0 Å². The Kier molecular flexibility index (Phi) is 5.49. The Labute approximate surface area is 156 Å². The molecule has 0 radical (unpaired) electrons. The van der Waals surface area contributed by atoms with Gasteiger partial charge in [0.15, 0.2) is 5.82 Å². The summed E-state index contributed by atoms with van der Waals surface area (Å²) in [6.45, 7) is 0. The SMILES string of the molecule is Cn1ccnc1C(=O)c1ccc(NC(=O)CCc2ccccc2Cl)cc1. The van der Waals surface area contributed by atoms with Crippen molar-refractivity contribution in [2.75, 3.05) is 5.32 Å². The summed E-state index contributed by atoms with van der Waals surface area (Å²) in [5, 5.41) is 3.49. The van der Waals surface area contributed by atoms with Crippen LogP contribution in [0.1, 0.15) is 28.2 Å². The summed E-state index contributed by atoms with van der Waals surface area (Å²) in [6.07, 6.45) is 4.21. The van der Waals surface area contributed by atoms with Crippen LogP contribution in [0.4, 0.5) is 5.69 Å². The number of nitrogens with one attached hydrogen (secondary N) is 1. The second-order valence-corrected chi connectivity index (χ2v) is 6.32. The molecule has 3 rings (SSSR count). The summed E-state index contributed by atoms with van der Waals surface area (Å²) in [5.41, 5.74) is 2.11. The number of hydrogen-bond donors (Lipinski definition) is 1. The van der Waals surface area contributed by atoms with E-state index in [1.807, 2.05) is 24.3 Å². The lowest BCUT2D eigenvalue weighted by atomic mass is 10.1. The van der Waals surface area contributed by atoms with Gasteiger partial charge in [-0.3, -0.25) is 9.59 Å². The van der Waals surface area contributed by atoms with E-state index in [0.29, 0.717) is 34.9 Å². The number of benzene rings is 2. The fourth-order valence-electron chi connectivity index (χ4n) is 2.59. The van der Waals surface area contributed by atoms with Crippen molar-refractivity contribution in [3.05, 3.63) is 82.9 Å². The van der Waals surface area contributed by atoms with E-state index in [1.54, 1.807) is 48.3 Å². The average molecular weight is 368 g/mol. The number of carbonyl (C=O) groups excluding carboxylic acids is 2. The lowest BCUT2D eigenvalue weighted by Crippen LogP contribution is -2.13. The van der Waals surface area contributed by atoms with Gasteiger partial charge in [0.2, 0.25) is 11.7 Å². The fourth-order valence-corrected chi connectivity index (χ4v) is 2.82. The molecule has 2 aromatic carbocycles. The lowest BCUT2D eigenvalue weighted by molar-refractivity contribution is -0.116. The minimum Gasteiger partial charge on any atom is -0.331 e. The maximum absolute atomic E-state index is 12.4. The third-order valence-corrected chi connectivity index (χ3v) is 4.40. The van der Waals surface area contributed by atoms with Crippen LogP contribution in [0, 0.1) is 0 Å². The van der Waals surface area contributed by atoms with Crippen molar-refractivity contribution >= 4 is 29.0 Å². The summed E-state index contributed by atoms with van der Waals surface area (Å²) >= 11 is 6.10. The Morgan fingerprint density at radius 3 is 2.50 bits per heavy atom. The van der Waals surface area contributed by atoms with Crippen molar-refractivity contribution in [2.45, 2.75) is 12.8 Å². The van der Waals surface area contributed by atoms with Gasteiger partial charge >= 0.3 is 0 Å². The third-order valence-electron chi connectivity index (χ3n) is 4.03. The van der Waals surface area contributed by atoms with E-state index < -0.39 is 0 Å². The van der Waals surface area contributed by atoms with E-state index in [0.717, 1.165) is 5.56 Å². The quantitative estimate of drug-likeness (QED) is 0.672. The summed E-state index contributed by atoms with van der Waals surface area (Å²) in [7, 11) is 1.77. The van der Waals surface area contributed by atoms with Crippen LogP contribution < -0.4 is 5.32 Å². The zero-order valence-electron chi connectivity index (χ0n) is 14.3. The molecule has 1 aromatic heterocycles. The smallest absolute Gasteiger partial charge is 0.228 e. The summed E-state index contributed by atoms with van der Waals surface area (Å²) in [4.78, 5) is 28.5. The van der Waals surface area contributed by atoms with Gasteiger partial charge in [-0.15, -0.1) is 0 Å². The molecule has 0 aliphatic carbocycles. The predicted molar refractivity (Wildman–Crippen MR) is 101 cm³/mol. The number of carbonyl (C=O) groups is 2. The zero-order valence-corrected chi connectivity index (χ0v) is 15.0. The number of rotatable bonds is 6. The van der Waals surface area contributed by atoms with Gasteiger partial charge in [-0.2, -0.15) is 0 Å². The highest BCUT2D eigenvalue weighted by Crippen LogP contribution is 2.17. The first-order valence-electron chi connectivity index (χ1n) is 8.20. The number of aromatic nitrogens is 2. The zero-order chi connectivity index (χ0) is 18.5. The van der Waals surface area contributed by atoms with Gasteiger partial charge in [-0.05, 0) is 42.3 Å². The van der Waals surface area contributed by atoms with Crippen molar-refractivity contribution in [3.63, 3.8) is 0 Å². The number of hydrogen-bond acceptors (Lipinski definition) is 3. The van der Waals surface area contributed by atoms with Crippen molar-refractivity contribution in [2.24, 2.45) is 7.05 Å². The van der Waals surface area contributed by atoms with E-state index in [9.17, 15) is 9.59 Å². The Morgan fingerprint density at radius 1 is 1.12 bits per heavy atom. The van der Waals surface area contributed by atoms with E-state index in [2.05, 4.69) is 10.3 Å². The monoisotopic (exact) mass is 367 g/mol. The number of amides is 1. The molecule has 0 unspecified atom stereocenters. The van der Waals surface area contributed by atoms with Crippen LogP contribution in [0.25, 0.3) is 0 Å². The first kappa shape index (κ1) is 17.9. The largest absolute Gasteiger partial charge is 0.331 e. The first-order valence-corrected chi connectivity index (χ1v) is 8.58. The van der Waals surface area contributed by atoms with E-state index in [-0.39, 0.29) is 11.7 Å². The summed E-state index contributed by atoms with van der Waals surface area (Å²) < 4.78 is 1.67. The van der Waals surface area contributed by atoms with Crippen LogP contribution in [-0.4, -0.2) is 21.2 Å². The number of nitrogens with zero attached hydrogens (tertiary/aromatic N) is 2. The maximum Gasteiger partial charge on any atom is 0.228 e. The molecule has 0 aliphatic rings. The molecule has 0 aliphatic heterocycles. The molecule has 0 fully saturated rings. The Bertz CT molecular complexity index is 932. The van der Waals surface area contributed by atoms with Gasteiger partial charge in [0.1, 0.15) is 0 Å². The molecule has 1 heterocycles. The lowest BCUT2D eigenvalue weighted by Gasteiger charge is -2.07. The van der Waals surface area contributed by atoms with Crippen molar-refractivity contribution in [3.8, 4) is 0 Å². The van der Waals surface area contributed by atoms with E-state index in [4.69, 9.17) is 11.6 Å². The highest BCUT2D eigenvalue weighted by Gasteiger charge is 2.13. The molecule has 26 heavy (non-hydrogen) atoms. The van der Waals surface area contributed by atoms with E-state index >= 15 is 0 Å². The molecule has 0 spiro atoms. The molecule has 0 saturated carbocycles. The van der Waals surface area contributed by atoms with Crippen LogP contribution in [0.3, 0.4) is 0 Å². The topological polar surface area (TPSA) is 64.0 Å². The Balaban J connectivity index is 1.59. The number of halogens is 1. The Hall–Kier alpha value is -2.92. The molecule has 1 amide bonds. The molecule has 132 valence electrons. The van der Waals surface area contributed by atoms with Crippen LogP contribution >= 0.6 is 11.6 Å². The van der Waals surface area contributed by atoms with Gasteiger partial charge in [0.05, 0.1) is 0 Å². The number of anilines is 1. The highest BCUT2D eigenvalue weighted by molar-refractivity contribution is 6.31. The van der Waals surface area contributed by atoms with Crippen molar-refractivity contribution in [1.29, 1.82) is 0 Å². The van der Waals surface area contributed by atoms with Crippen LogP contribution in [0.2, 0.25) is 5.02 Å². The fraction of sp³-hybridized carbons (Fsp3) is 0.150. The molecular weight excluding hydrogens is 350 g/mol. The minimum atomic E-state index is -0.158. The average Bonchev–Trinajstić information content (AvgIpc) is 3.07. The molecule has 1 N–H and O–H groups in total. The van der Waals surface area contributed by atoms with Gasteiger partial charge in [0.25, 0.3) is 0 Å². The Morgan fingerprint density at radius 2 is 1.85 bits per heavy atom. The van der Waals surface area contributed by atoms with Gasteiger partial charge in [0, 0.05) is 42.1 Å². The predicted octanol–water partition coefficient (Wildman–Crippen LogP) is 3.88. The molecular formula is C20H18ClN3O2. The third kappa shape index (κ3) is 4.18. The molecule has 6 heteroatoms. The van der Waals surface area contributed by atoms with Gasteiger partial charge < -0.3 is 9.88 Å². The molecule has 5 nitrogen and oxygen atoms in total. The maximum atomic E-state index is 12.4. The minimum absolute atomic E-state index is 0.104. The molecule has 3 aromatic rings. The standard InChI is InChI=1S/C20H18ClN3O2/c1-24-13-12-22-20(24)19(26)15-6-9-16(10-7-15)23-18(25)11-8-14-4-2-3-5-17(14)21/h2-7,9-10,12-13H,8,11H2,1H3,(H,23,25). The number of ketones is 1. The summed E-state index contributed by atoms with van der Waals surface area (Å²) in [6, 6.07) is 14.3. The molecule has 0 bridgehead atoms. The summed E-state index contributed by atoms with van der Waals surface area (Å²) in [5.74, 6) is 0.115. The molecule has 0 atom stereocenters. The van der Waals surface area contributed by atoms with Crippen LogP contribution in [0.15, 0.2) is 60.9 Å². The van der Waals surface area contributed by atoms with Gasteiger partial charge in [-0.25, -0.2) is 4.98 Å². The van der Waals surface area contributed by atoms with Crippen molar-refractivity contribution in [1.82, 2.24) is 9.55 Å². The number of imidazole rings is 1.